The van der Waals surface area contributed by atoms with Gasteiger partial charge in [0.05, 0.1) is 5.70 Å². The molecule has 0 saturated carbocycles. The van der Waals surface area contributed by atoms with E-state index in [4.69, 9.17) is 0 Å². The lowest BCUT2D eigenvalue weighted by Crippen LogP contribution is -2.16. The lowest BCUT2D eigenvalue weighted by molar-refractivity contribution is 0.0984. The molecule has 0 unspecified atom stereocenters. The van der Waals surface area contributed by atoms with Crippen molar-refractivity contribution in [3.63, 3.8) is 0 Å². The highest BCUT2D eigenvalue weighted by molar-refractivity contribution is 7.97. The Labute approximate surface area is 138 Å². The van der Waals surface area contributed by atoms with Crippen LogP contribution in [0.2, 0.25) is 0 Å². The third-order valence-corrected chi connectivity index (χ3v) is 3.86. The molecule has 2 rings (SSSR count). The quantitative estimate of drug-likeness (QED) is 0.792. The second-order valence-electron chi connectivity index (χ2n) is 4.87. The molecule has 4 heteroatoms. The molecule has 0 radical (unpaired) electrons. The number of carbonyl (C=O) groups is 1. The SMILES string of the molecule is CC.CCSNC(=O)c1ccc(C)c(C2=CCCC(C)=N2)c1. The van der Waals surface area contributed by atoms with Crippen molar-refractivity contribution in [2.75, 3.05) is 5.75 Å². The first-order valence-corrected chi connectivity index (χ1v) is 8.88. The van der Waals surface area contributed by atoms with Crippen LogP contribution in [-0.2, 0) is 0 Å². The second-order valence-corrected chi connectivity index (χ2v) is 5.94. The van der Waals surface area contributed by atoms with Crippen LogP contribution in [0.4, 0.5) is 0 Å². The summed E-state index contributed by atoms with van der Waals surface area (Å²) in [6.45, 7) is 10.1. The monoisotopic (exact) mass is 318 g/mol. The topological polar surface area (TPSA) is 41.5 Å². The fourth-order valence-electron chi connectivity index (χ4n) is 2.13. The smallest absolute Gasteiger partial charge is 0.261 e. The minimum Gasteiger partial charge on any atom is -0.296 e. The predicted octanol–water partition coefficient (Wildman–Crippen LogP) is 5.01. The maximum absolute atomic E-state index is 12.0. The second kappa shape index (κ2) is 9.46. The molecule has 1 N–H and O–H groups in total. The number of nitrogens with one attached hydrogen (secondary N) is 1. The lowest BCUT2D eigenvalue weighted by atomic mass is 9.99. The Morgan fingerprint density at radius 3 is 2.68 bits per heavy atom. The molecule has 22 heavy (non-hydrogen) atoms. The van der Waals surface area contributed by atoms with Gasteiger partial charge in [-0.05, 0) is 44.4 Å². The number of allylic oxidation sites excluding steroid dienone is 1. The zero-order chi connectivity index (χ0) is 16.5. The molecule has 0 spiro atoms. The molecule has 0 fully saturated rings. The van der Waals surface area contributed by atoms with E-state index in [0.717, 1.165) is 41.1 Å². The van der Waals surface area contributed by atoms with E-state index in [1.807, 2.05) is 39.0 Å². The first-order valence-electron chi connectivity index (χ1n) is 7.89. The van der Waals surface area contributed by atoms with Crippen molar-refractivity contribution in [3.8, 4) is 0 Å². The molecule has 0 bridgehead atoms. The van der Waals surface area contributed by atoms with Crippen molar-refractivity contribution in [1.82, 2.24) is 4.72 Å². The number of amides is 1. The van der Waals surface area contributed by atoms with Crippen molar-refractivity contribution in [3.05, 3.63) is 41.0 Å². The number of hydrogen-bond donors (Lipinski definition) is 1. The highest BCUT2D eigenvalue weighted by Crippen LogP contribution is 2.25. The van der Waals surface area contributed by atoms with E-state index in [9.17, 15) is 4.79 Å². The van der Waals surface area contributed by atoms with Crippen molar-refractivity contribution in [1.29, 1.82) is 0 Å². The molecule has 1 aliphatic heterocycles. The molecular weight excluding hydrogens is 292 g/mol. The molecule has 0 saturated heterocycles. The minimum absolute atomic E-state index is 0.0461. The lowest BCUT2D eigenvalue weighted by Gasteiger charge is -2.13. The van der Waals surface area contributed by atoms with E-state index in [1.165, 1.54) is 11.9 Å². The van der Waals surface area contributed by atoms with Gasteiger partial charge in [-0.2, -0.15) is 0 Å². The molecule has 1 aromatic rings. The summed E-state index contributed by atoms with van der Waals surface area (Å²) < 4.78 is 2.83. The van der Waals surface area contributed by atoms with Gasteiger partial charge in [-0.15, -0.1) is 0 Å². The van der Waals surface area contributed by atoms with Crippen molar-refractivity contribution < 1.29 is 4.79 Å². The number of rotatable bonds is 4. The Morgan fingerprint density at radius 1 is 1.32 bits per heavy atom. The number of aryl methyl sites for hydroxylation is 1. The summed E-state index contributed by atoms with van der Waals surface area (Å²) in [5.41, 5.74) is 5.03. The van der Waals surface area contributed by atoms with Gasteiger partial charge in [0.2, 0.25) is 0 Å². The predicted molar refractivity (Wildman–Crippen MR) is 98.4 cm³/mol. The highest BCUT2D eigenvalue weighted by atomic mass is 32.2. The molecule has 1 aromatic carbocycles. The van der Waals surface area contributed by atoms with Gasteiger partial charge in [-0.1, -0.05) is 44.9 Å². The van der Waals surface area contributed by atoms with Crippen LogP contribution >= 0.6 is 11.9 Å². The average molecular weight is 318 g/mol. The van der Waals surface area contributed by atoms with Crippen LogP contribution < -0.4 is 4.72 Å². The summed E-state index contributed by atoms with van der Waals surface area (Å²) in [5, 5.41) is 0. The van der Waals surface area contributed by atoms with E-state index in [0.29, 0.717) is 5.56 Å². The summed E-state index contributed by atoms with van der Waals surface area (Å²) in [7, 11) is 0. The van der Waals surface area contributed by atoms with E-state index in [1.54, 1.807) is 0 Å². The molecule has 0 aromatic heterocycles. The maximum atomic E-state index is 12.0. The van der Waals surface area contributed by atoms with Crippen molar-refractivity contribution in [2.45, 2.75) is 47.5 Å². The Bertz CT molecular complexity index is 576. The van der Waals surface area contributed by atoms with Gasteiger partial charge >= 0.3 is 0 Å². The van der Waals surface area contributed by atoms with Crippen LogP contribution in [0.25, 0.3) is 5.70 Å². The van der Waals surface area contributed by atoms with E-state index < -0.39 is 0 Å². The number of benzene rings is 1. The largest absolute Gasteiger partial charge is 0.296 e. The van der Waals surface area contributed by atoms with Gasteiger partial charge in [0.25, 0.3) is 5.91 Å². The Morgan fingerprint density at radius 2 is 2.05 bits per heavy atom. The standard InChI is InChI=1S/C16H20N2OS.C2H6/c1-4-20-18-16(19)13-9-8-11(2)14(10-13)15-7-5-6-12(3)17-15;1-2/h7-10H,4-6H2,1-3H3,(H,18,19);1-2H3. The van der Waals surface area contributed by atoms with Gasteiger partial charge < -0.3 is 0 Å². The zero-order valence-corrected chi connectivity index (χ0v) is 15.0. The van der Waals surface area contributed by atoms with Gasteiger partial charge in [-0.25, -0.2) is 0 Å². The maximum Gasteiger partial charge on any atom is 0.261 e. The third-order valence-electron chi connectivity index (χ3n) is 3.24. The molecule has 0 atom stereocenters. The fourth-order valence-corrected chi connectivity index (χ4v) is 2.52. The first kappa shape index (κ1) is 18.5. The van der Waals surface area contributed by atoms with Crippen molar-refractivity contribution >= 4 is 29.3 Å². The number of carbonyl (C=O) groups excluding carboxylic acids is 1. The minimum atomic E-state index is -0.0461. The van der Waals surface area contributed by atoms with Crippen LogP contribution in [0.5, 0.6) is 0 Å². The van der Waals surface area contributed by atoms with Gasteiger partial charge in [-0.3, -0.25) is 14.5 Å². The molecule has 1 heterocycles. The Balaban J connectivity index is 0.00000116. The number of aliphatic imine (C=N–C) groups is 1. The van der Waals surface area contributed by atoms with E-state index >= 15 is 0 Å². The van der Waals surface area contributed by atoms with Crippen molar-refractivity contribution in [2.24, 2.45) is 4.99 Å². The van der Waals surface area contributed by atoms with E-state index in [-0.39, 0.29) is 5.91 Å². The third kappa shape index (κ3) is 5.02. The van der Waals surface area contributed by atoms with E-state index in [2.05, 4.69) is 29.6 Å². The van der Waals surface area contributed by atoms with Gasteiger partial charge in [0, 0.05) is 22.6 Å². The molecule has 1 aliphatic rings. The van der Waals surface area contributed by atoms with Crippen LogP contribution in [-0.4, -0.2) is 17.4 Å². The normalized spacial score (nSPS) is 13.5. The Hall–Kier alpha value is -1.55. The molecule has 3 nitrogen and oxygen atoms in total. The molecule has 120 valence electrons. The van der Waals surface area contributed by atoms with Gasteiger partial charge in [0.1, 0.15) is 0 Å². The summed E-state index contributed by atoms with van der Waals surface area (Å²) in [5.74, 6) is 0.814. The summed E-state index contributed by atoms with van der Waals surface area (Å²) in [6, 6.07) is 5.79. The van der Waals surface area contributed by atoms with Gasteiger partial charge in [0.15, 0.2) is 0 Å². The molecule has 0 aliphatic carbocycles. The number of hydrogen-bond acceptors (Lipinski definition) is 3. The molecular formula is C18H26N2OS. The Kier molecular flexibility index (Phi) is 7.96. The number of nitrogens with zero attached hydrogens (tertiary/aromatic N) is 1. The van der Waals surface area contributed by atoms with Crippen LogP contribution in [0.15, 0.2) is 29.3 Å². The molecule has 1 amide bonds. The van der Waals surface area contributed by atoms with Crippen LogP contribution in [0.3, 0.4) is 0 Å². The average Bonchev–Trinajstić information content (AvgIpc) is 2.55. The summed E-state index contributed by atoms with van der Waals surface area (Å²) in [4.78, 5) is 16.6. The summed E-state index contributed by atoms with van der Waals surface area (Å²) in [6.07, 6.45) is 4.19. The van der Waals surface area contributed by atoms with Crippen LogP contribution in [0, 0.1) is 6.92 Å². The zero-order valence-electron chi connectivity index (χ0n) is 14.2. The van der Waals surface area contributed by atoms with Crippen LogP contribution in [0.1, 0.15) is 62.0 Å². The fraction of sp³-hybridized carbons (Fsp3) is 0.444. The highest BCUT2D eigenvalue weighted by Gasteiger charge is 2.12. The first-order chi connectivity index (χ1) is 10.6. The summed E-state index contributed by atoms with van der Waals surface area (Å²) >= 11 is 1.42.